The molecule has 0 saturated carbocycles. The van der Waals surface area contributed by atoms with Crippen LogP contribution in [0.25, 0.3) is 0 Å². The average Bonchev–Trinajstić information content (AvgIpc) is 2.88. The van der Waals surface area contributed by atoms with Gasteiger partial charge in [-0.05, 0) is 18.4 Å². The number of benzene rings is 1. The quantitative estimate of drug-likeness (QED) is 0.0634. The molecule has 0 aromatic heterocycles. The third-order valence-electron chi connectivity index (χ3n) is 4.88. The van der Waals surface area contributed by atoms with Crippen molar-refractivity contribution in [3.63, 3.8) is 0 Å². The SMILES string of the molecule is CCCCOCC(CN1C(=O)NC(=O)C(CC)(c2ccccc2)C1=O)OC(N)=O.OB(O)O.OB(O)O.OB(O)O.OB(O)O. The van der Waals surface area contributed by atoms with Crippen molar-refractivity contribution in [3.8, 4) is 0 Å². The Morgan fingerprint density at radius 1 is 0.867 bits per heavy atom. The first-order chi connectivity index (χ1) is 20.8. The minimum Gasteiger partial charge on any atom is -0.442 e. The Balaban J connectivity index is -0.000000910. The highest BCUT2D eigenvalue weighted by molar-refractivity contribution is 6.31. The number of urea groups is 1. The standard InChI is InChI=1S/C20H27N3O6.4BH3O3/c1-3-5-11-28-13-15(29-18(21)26)12-23-17(25)20(4-2,16(24)22-19(23)27)14-9-7-6-8-10-14;4*2-1(3)4/h6-10,15H,3-5,11-13H2,1-2H3,(H2,21,26)(H,22,24,27);4*2-4H. The lowest BCUT2D eigenvalue weighted by Gasteiger charge is -2.39. The summed E-state index contributed by atoms with van der Waals surface area (Å²) in [6.45, 7) is 3.84. The predicted molar refractivity (Wildman–Crippen MR) is 153 cm³/mol. The summed E-state index contributed by atoms with van der Waals surface area (Å²) in [7, 11) is -8.67. The second kappa shape index (κ2) is 26.1. The number of rotatable bonds is 10. The van der Waals surface area contributed by atoms with Gasteiger partial charge in [-0.15, -0.1) is 0 Å². The summed E-state index contributed by atoms with van der Waals surface area (Å²) in [5, 5.41) is 88.2. The molecule has 15 N–H and O–H groups in total. The predicted octanol–water partition coefficient (Wildman–Crippen LogP) is -6.51. The van der Waals surface area contributed by atoms with Crippen molar-refractivity contribution in [2.45, 2.75) is 44.6 Å². The smallest absolute Gasteiger partial charge is 0.442 e. The molecule has 1 aliphatic rings. The van der Waals surface area contributed by atoms with E-state index in [2.05, 4.69) is 5.32 Å². The molecule has 0 radical (unpaired) electrons. The summed E-state index contributed by atoms with van der Waals surface area (Å²) in [6, 6.07) is 7.67. The Morgan fingerprint density at radius 2 is 1.31 bits per heavy atom. The number of amides is 5. The van der Waals surface area contributed by atoms with Crippen molar-refractivity contribution in [1.29, 1.82) is 0 Å². The van der Waals surface area contributed by atoms with Gasteiger partial charge in [0.05, 0.1) is 13.2 Å². The number of unbranched alkanes of at least 4 members (excludes halogenated alkanes) is 1. The highest BCUT2D eigenvalue weighted by atomic mass is 16.6. The van der Waals surface area contributed by atoms with Gasteiger partial charge in [0.25, 0.3) is 5.91 Å². The molecule has 2 unspecified atom stereocenters. The van der Waals surface area contributed by atoms with E-state index >= 15 is 0 Å². The third kappa shape index (κ3) is 22.9. The van der Waals surface area contributed by atoms with Crippen molar-refractivity contribution in [1.82, 2.24) is 10.2 Å². The van der Waals surface area contributed by atoms with Crippen LogP contribution in [0.5, 0.6) is 0 Å². The lowest BCUT2D eigenvalue weighted by atomic mass is 9.74. The van der Waals surface area contributed by atoms with E-state index in [1.807, 2.05) is 6.92 Å². The van der Waals surface area contributed by atoms with Gasteiger partial charge in [0.15, 0.2) is 5.41 Å². The number of ether oxygens (including phenoxy) is 2. The maximum absolute atomic E-state index is 13.3. The number of nitrogens with zero attached hydrogens (tertiary/aromatic N) is 1. The van der Waals surface area contributed by atoms with Crippen LogP contribution in [0.3, 0.4) is 0 Å². The zero-order valence-electron chi connectivity index (χ0n) is 24.4. The molecule has 254 valence electrons. The fourth-order valence-corrected chi connectivity index (χ4v) is 3.30. The molecule has 1 fully saturated rings. The van der Waals surface area contributed by atoms with Crippen LogP contribution in [-0.4, -0.2) is 144 Å². The van der Waals surface area contributed by atoms with Crippen LogP contribution in [0.2, 0.25) is 0 Å². The zero-order chi connectivity index (χ0) is 35.8. The van der Waals surface area contributed by atoms with Crippen molar-refractivity contribution in [2.24, 2.45) is 5.73 Å². The Kier molecular flexibility index (Phi) is 26.8. The first kappa shape index (κ1) is 46.3. The van der Waals surface area contributed by atoms with Gasteiger partial charge >= 0.3 is 41.4 Å². The highest BCUT2D eigenvalue weighted by Crippen LogP contribution is 2.33. The minimum atomic E-state index is -2.17. The van der Waals surface area contributed by atoms with Gasteiger partial charge < -0.3 is 75.5 Å². The van der Waals surface area contributed by atoms with Gasteiger partial charge in [0, 0.05) is 6.61 Å². The summed E-state index contributed by atoms with van der Waals surface area (Å²) in [4.78, 5) is 50.6. The first-order valence-electron chi connectivity index (χ1n) is 12.7. The van der Waals surface area contributed by atoms with Gasteiger partial charge in [0.2, 0.25) is 5.91 Å². The van der Waals surface area contributed by atoms with Crippen molar-refractivity contribution < 1.29 is 88.9 Å². The van der Waals surface area contributed by atoms with Gasteiger partial charge in [-0.3, -0.25) is 19.8 Å². The molecule has 1 aromatic carbocycles. The number of nitrogens with one attached hydrogen (secondary N) is 1. The second-order valence-electron chi connectivity index (χ2n) is 8.17. The monoisotopic (exact) mass is 653 g/mol. The normalized spacial score (nSPS) is 15.5. The number of hydrogen-bond acceptors (Lipinski definition) is 18. The highest BCUT2D eigenvalue weighted by Gasteiger charge is 2.54. The number of hydrogen-bond donors (Lipinski definition) is 14. The number of primary amides is 1. The van der Waals surface area contributed by atoms with Crippen molar-refractivity contribution >= 4 is 53.2 Å². The Bertz CT molecular complexity index is 931. The molecule has 25 heteroatoms. The lowest BCUT2D eigenvalue weighted by Crippen LogP contribution is -2.67. The molecule has 2 rings (SSSR count). The molecule has 45 heavy (non-hydrogen) atoms. The number of carbonyl (C=O) groups is 4. The van der Waals surface area contributed by atoms with Crippen LogP contribution < -0.4 is 11.1 Å². The van der Waals surface area contributed by atoms with Crippen molar-refractivity contribution in [2.75, 3.05) is 19.8 Å². The van der Waals surface area contributed by atoms with Crippen LogP contribution in [0, 0.1) is 0 Å². The van der Waals surface area contributed by atoms with E-state index in [0.29, 0.717) is 12.2 Å². The molecule has 21 nitrogen and oxygen atoms in total. The Morgan fingerprint density at radius 3 is 1.69 bits per heavy atom. The zero-order valence-corrected chi connectivity index (χ0v) is 24.4. The second-order valence-corrected chi connectivity index (χ2v) is 8.17. The largest absolute Gasteiger partial charge is 0.631 e. The molecular weight excluding hydrogens is 613 g/mol. The Hall–Kier alpha value is -3.16. The molecule has 1 heterocycles. The number of carbonyl (C=O) groups excluding carboxylic acids is 4. The topological polar surface area (TPSA) is 371 Å². The van der Waals surface area contributed by atoms with E-state index < -0.39 is 64.7 Å². The van der Waals surface area contributed by atoms with E-state index in [0.717, 1.165) is 17.7 Å². The Labute approximate surface area is 258 Å². The summed E-state index contributed by atoms with van der Waals surface area (Å²) in [5.41, 5.74) is 4.05. The van der Waals surface area contributed by atoms with Crippen LogP contribution >= 0.6 is 0 Å². The molecule has 1 aromatic rings. The molecule has 2 atom stereocenters. The number of imide groups is 2. The van der Waals surface area contributed by atoms with Gasteiger partial charge in [0.1, 0.15) is 6.10 Å². The summed E-state index contributed by atoms with van der Waals surface area (Å²) in [5.74, 6) is -1.35. The number of nitrogens with two attached hydrogens (primary N) is 1. The summed E-state index contributed by atoms with van der Waals surface area (Å²) >= 11 is 0. The minimum absolute atomic E-state index is 0.0294. The van der Waals surface area contributed by atoms with E-state index in [1.54, 1.807) is 37.3 Å². The molecule has 1 aliphatic heterocycles. The average molecular weight is 653 g/mol. The van der Waals surface area contributed by atoms with Crippen LogP contribution in [0.4, 0.5) is 9.59 Å². The maximum atomic E-state index is 13.3. The molecule has 0 bridgehead atoms. The lowest BCUT2D eigenvalue weighted by molar-refractivity contribution is -0.147. The molecule has 5 amide bonds. The molecule has 1 saturated heterocycles. The van der Waals surface area contributed by atoms with Crippen LogP contribution in [-0.2, 0) is 24.5 Å². The van der Waals surface area contributed by atoms with Gasteiger partial charge in [-0.1, -0.05) is 50.6 Å². The van der Waals surface area contributed by atoms with Gasteiger partial charge in [-0.25, -0.2) is 9.59 Å². The van der Waals surface area contributed by atoms with E-state index in [4.69, 9.17) is 75.5 Å². The first-order valence-corrected chi connectivity index (χ1v) is 12.7. The van der Waals surface area contributed by atoms with E-state index in [-0.39, 0.29) is 19.6 Å². The third-order valence-corrected chi connectivity index (χ3v) is 4.88. The van der Waals surface area contributed by atoms with Crippen LogP contribution in [0.1, 0.15) is 38.7 Å². The molecule has 0 aliphatic carbocycles. The van der Waals surface area contributed by atoms with Crippen molar-refractivity contribution in [3.05, 3.63) is 35.9 Å². The summed E-state index contributed by atoms with van der Waals surface area (Å²) in [6.07, 6.45) is -0.0994. The fraction of sp³-hybridized carbons (Fsp3) is 0.500. The van der Waals surface area contributed by atoms with E-state index in [1.165, 1.54) is 0 Å². The fourth-order valence-electron chi connectivity index (χ4n) is 3.30. The van der Waals surface area contributed by atoms with E-state index in [9.17, 15) is 19.2 Å². The maximum Gasteiger partial charge on any atom is 0.631 e. The van der Waals surface area contributed by atoms with Crippen LogP contribution in [0.15, 0.2) is 30.3 Å². The molecular formula is C20H39B4N3O18. The number of barbiturate groups is 1. The van der Waals surface area contributed by atoms with Gasteiger partial charge in [-0.2, -0.15) is 0 Å². The summed E-state index contributed by atoms with van der Waals surface area (Å²) < 4.78 is 10.5. The molecule has 0 spiro atoms.